The summed E-state index contributed by atoms with van der Waals surface area (Å²) in [5.74, 6) is 0.382. The van der Waals surface area contributed by atoms with E-state index < -0.39 is 0 Å². The van der Waals surface area contributed by atoms with Crippen LogP contribution in [0.2, 0.25) is 0 Å². The Kier molecular flexibility index (Phi) is 4.34. The fourth-order valence-corrected chi connectivity index (χ4v) is 2.29. The van der Waals surface area contributed by atoms with Crippen LogP contribution in [0, 0.1) is 5.92 Å². The number of carbonyl (C=O) groups excluding carboxylic acids is 1. The van der Waals surface area contributed by atoms with Crippen LogP contribution in [-0.2, 0) is 4.79 Å². The molecule has 3 nitrogen and oxygen atoms in total. The molecule has 4 heteroatoms. The summed E-state index contributed by atoms with van der Waals surface area (Å²) in [5, 5.41) is 16.4. The van der Waals surface area contributed by atoms with Crippen LogP contribution >= 0.6 is 11.3 Å². The van der Waals surface area contributed by atoms with Crippen molar-refractivity contribution in [3.63, 3.8) is 0 Å². The van der Waals surface area contributed by atoms with Crippen molar-refractivity contribution in [2.75, 3.05) is 6.54 Å². The van der Waals surface area contributed by atoms with Gasteiger partial charge in [0.1, 0.15) is 0 Å². The highest BCUT2D eigenvalue weighted by atomic mass is 32.1. The van der Waals surface area contributed by atoms with Gasteiger partial charge in [-0.1, -0.05) is 0 Å². The van der Waals surface area contributed by atoms with Crippen LogP contribution in [-0.4, -0.2) is 23.7 Å². The maximum atomic E-state index is 11.4. The molecule has 1 aliphatic carbocycles. The van der Waals surface area contributed by atoms with Crippen molar-refractivity contribution in [1.29, 1.82) is 0 Å². The molecule has 2 N–H and O–H groups in total. The summed E-state index contributed by atoms with van der Waals surface area (Å²) in [5.41, 5.74) is 1.04. The van der Waals surface area contributed by atoms with Crippen molar-refractivity contribution in [1.82, 2.24) is 5.32 Å². The van der Waals surface area contributed by atoms with Gasteiger partial charge in [-0.2, -0.15) is 11.3 Å². The number of carbonyl (C=O) groups is 1. The standard InChI is InChI=1S/C13H17NO2S/c15-12(11-2-3-11)5-7-14-13(16)4-1-10-6-8-17-9-10/h1,4,6,8-9,11-12,15H,2-3,5,7H2,(H,14,16)/b4-1+/t12-/m1/s1. The Labute approximate surface area is 105 Å². The average Bonchev–Trinajstić information content (AvgIpc) is 3.04. The van der Waals surface area contributed by atoms with E-state index in [-0.39, 0.29) is 12.0 Å². The molecule has 0 saturated heterocycles. The maximum Gasteiger partial charge on any atom is 0.244 e. The molecule has 92 valence electrons. The van der Waals surface area contributed by atoms with Gasteiger partial charge in [-0.15, -0.1) is 0 Å². The highest BCUT2D eigenvalue weighted by Crippen LogP contribution is 2.33. The molecule has 1 heterocycles. The van der Waals surface area contributed by atoms with Gasteiger partial charge in [0.2, 0.25) is 5.91 Å². The van der Waals surface area contributed by atoms with E-state index in [1.54, 1.807) is 17.4 Å². The Morgan fingerprint density at radius 3 is 3.12 bits per heavy atom. The normalized spacial score (nSPS) is 17.2. The lowest BCUT2D eigenvalue weighted by molar-refractivity contribution is -0.116. The van der Waals surface area contributed by atoms with E-state index >= 15 is 0 Å². The molecular weight excluding hydrogens is 234 g/mol. The molecule has 1 amide bonds. The molecule has 1 aromatic heterocycles. The first kappa shape index (κ1) is 12.3. The largest absolute Gasteiger partial charge is 0.393 e. The van der Waals surface area contributed by atoms with Gasteiger partial charge in [0.15, 0.2) is 0 Å². The van der Waals surface area contributed by atoms with Crippen LogP contribution in [0.25, 0.3) is 6.08 Å². The van der Waals surface area contributed by atoms with Gasteiger partial charge in [0, 0.05) is 12.6 Å². The van der Waals surface area contributed by atoms with Crippen LogP contribution in [0.5, 0.6) is 0 Å². The molecule has 1 aliphatic rings. The number of hydrogen-bond acceptors (Lipinski definition) is 3. The lowest BCUT2D eigenvalue weighted by Gasteiger charge is -2.08. The second-order valence-corrected chi connectivity index (χ2v) is 5.15. The molecule has 1 aromatic rings. The zero-order valence-corrected chi connectivity index (χ0v) is 10.5. The van der Waals surface area contributed by atoms with E-state index in [0.717, 1.165) is 18.4 Å². The highest BCUT2D eigenvalue weighted by molar-refractivity contribution is 7.08. The Morgan fingerprint density at radius 2 is 2.47 bits per heavy atom. The van der Waals surface area contributed by atoms with E-state index in [0.29, 0.717) is 18.9 Å². The first-order chi connectivity index (χ1) is 8.25. The van der Waals surface area contributed by atoms with Gasteiger partial charge in [-0.25, -0.2) is 0 Å². The smallest absolute Gasteiger partial charge is 0.244 e. The number of aliphatic hydroxyl groups is 1. The zero-order valence-electron chi connectivity index (χ0n) is 9.63. The molecular formula is C13H17NO2S. The molecule has 17 heavy (non-hydrogen) atoms. The Morgan fingerprint density at radius 1 is 1.65 bits per heavy atom. The quantitative estimate of drug-likeness (QED) is 0.760. The number of rotatable bonds is 6. The monoisotopic (exact) mass is 251 g/mol. The van der Waals surface area contributed by atoms with E-state index in [9.17, 15) is 9.90 Å². The second-order valence-electron chi connectivity index (χ2n) is 4.37. The van der Waals surface area contributed by atoms with Gasteiger partial charge in [0.05, 0.1) is 6.10 Å². The molecule has 0 bridgehead atoms. The summed E-state index contributed by atoms with van der Waals surface area (Å²) in [6, 6.07) is 1.96. The van der Waals surface area contributed by atoms with Crippen LogP contribution < -0.4 is 5.32 Å². The number of aliphatic hydroxyl groups excluding tert-OH is 1. The molecule has 1 saturated carbocycles. The SMILES string of the molecule is O=C(/C=C/c1ccsc1)NCC[C@@H](O)C1CC1. The minimum atomic E-state index is -0.240. The average molecular weight is 251 g/mol. The molecule has 0 aliphatic heterocycles. The van der Waals surface area contributed by atoms with E-state index in [4.69, 9.17) is 0 Å². The topological polar surface area (TPSA) is 49.3 Å². The fourth-order valence-electron chi connectivity index (χ4n) is 1.66. The predicted molar refractivity (Wildman–Crippen MR) is 69.7 cm³/mol. The van der Waals surface area contributed by atoms with Crippen LogP contribution in [0.4, 0.5) is 0 Å². The minimum Gasteiger partial charge on any atom is -0.393 e. The van der Waals surface area contributed by atoms with Gasteiger partial charge in [-0.3, -0.25) is 4.79 Å². The van der Waals surface area contributed by atoms with Crippen LogP contribution in [0.1, 0.15) is 24.8 Å². The molecule has 2 rings (SSSR count). The molecule has 1 fully saturated rings. The van der Waals surface area contributed by atoms with Gasteiger partial charge >= 0.3 is 0 Å². The van der Waals surface area contributed by atoms with Gasteiger partial charge in [0.25, 0.3) is 0 Å². The lowest BCUT2D eigenvalue weighted by atomic mass is 10.1. The third-order valence-electron chi connectivity index (χ3n) is 2.88. The summed E-state index contributed by atoms with van der Waals surface area (Å²) >= 11 is 1.61. The molecule has 1 atom stereocenters. The predicted octanol–water partition coefficient (Wildman–Crippen LogP) is 2.04. The van der Waals surface area contributed by atoms with Gasteiger partial charge < -0.3 is 10.4 Å². The second kappa shape index (κ2) is 5.98. The van der Waals surface area contributed by atoms with E-state index in [1.807, 2.05) is 16.8 Å². The first-order valence-corrected chi connectivity index (χ1v) is 6.86. The Balaban J connectivity index is 1.63. The molecule has 0 unspecified atom stereocenters. The molecule has 0 aromatic carbocycles. The third kappa shape index (κ3) is 4.32. The van der Waals surface area contributed by atoms with Crippen molar-refractivity contribution in [3.8, 4) is 0 Å². The van der Waals surface area contributed by atoms with Crippen molar-refractivity contribution in [3.05, 3.63) is 28.5 Å². The lowest BCUT2D eigenvalue weighted by Crippen LogP contribution is -2.26. The van der Waals surface area contributed by atoms with Crippen LogP contribution in [0.15, 0.2) is 22.9 Å². The van der Waals surface area contributed by atoms with Crippen molar-refractivity contribution >= 4 is 23.3 Å². The number of thiophene rings is 1. The van der Waals surface area contributed by atoms with E-state index in [1.165, 1.54) is 6.08 Å². The summed E-state index contributed by atoms with van der Waals surface area (Å²) < 4.78 is 0. The van der Waals surface area contributed by atoms with Crippen molar-refractivity contribution < 1.29 is 9.90 Å². The molecule has 0 spiro atoms. The molecule has 0 radical (unpaired) electrons. The number of hydrogen-bond donors (Lipinski definition) is 2. The summed E-state index contributed by atoms with van der Waals surface area (Å²) in [4.78, 5) is 11.4. The fraction of sp³-hybridized carbons (Fsp3) is 0.462. The van der Waals surface area contributed by atoms with Crippen molar-refractivity contribution in [2.45, 2.75) is 25.4 Å². The Bertz CT molecular complexity index is 382. The third-order valence-corrected chi connectivity index (χ3v) is 3.58. The van der Waals surface area contributed by atoms with Crippen molar-refractivity contribution in [2.24, 2.45) is 5.92 Å². The summed E-state index contributed by atoms with van der Waals surface area (Å²) in [6.45, 7) is 0.546. The minimum absolute atomic E-state index is 0.0980. The first-order valence-electron chi connectivity index (χ1n) is 5.92. The van der Waals surface area contributed by atoms with Gasteiger partial charge in [-0.05, 0) is 53.6 Å². The highest BCUT2D eigenvalue weighted by Gasteiger charge is 2.28. The summed E-state index contributed by atoms with van der Waals surface area (Å²) in [7, 11) is 0. The summed E-state index contributed by atoms with van der Waals surface area (Å²) in [6.07, 6.45) is 6.01. The Hall–Kier alpha value is -1.13. The number of nitrogens with one attached hydrogen (secondary N) is 1. The maximum absolute atomic E-state index is 11.4. The number of amides is 1. The van der Waals surface area contributed by atoms with Crippen LogP contribution in [0.3, 0.4) is 0 Å². The van der Waals surface area contributed by atoms with E-state index in [2.05, 4.69) is 5.32 Å². The zero-order chi connectivity index (χ0) is 12.1.